The van der Waals surface area contributed by atoms with Gasteiger partial charge in [-0.2, -0.15) is 5.26 Å². The first-order chi connectivity index (χ1) is 6.69. The lowest BCUT2D eigenvalue weighted by atomic mass is 10.0. The molecule has 1 rings (SSSR count). The number of nitriles is 1. The molecule has 0 unspecified atom stereocenters. The Morgan fingerprint density at radius 1 is 1.50 bits per heavy atom. The number of rotatable bonds is 3. The Balaban J connectivity index is 3.07. The number of aromatic nitrogens is 1. The van der Waals surface area contributed by atoms with Crippen molar-refractivity contribution in [2.45, 2.75) is 26.7 Å². The Morgan fingerprint density at radius 2 is 2.21 bits per heavy atom. The summed E-state index contributed by atoms with van der Waals surface area (Å²) in [5.41, 5.74) is 1.43. The van der Waals surface area contributed by atoms with E-state index in [0.717, 1.165) is 5.56 Å². The average Bonchev–Trinajstić information content (AvgIpc) is 2.17. The van der Waals surface area contributed by atoms with E-state index in [1.54, 1.807) is 6.07 Å². The molecule has 0 saturated carbocycles. The molecule has 0 bridgehead atoms. The van der Waals surface area contributed by atoms with Crippen LogP contribution < -0.4 is 4.74 Å². The van der Waals surface area contributed by atoms with Gasteiger partial charge in [-0.15, -0.1) is 0 Å². The number of pyridine rings is 1. The van der Waals surface area contributed by atoms with E-state index in [1.165, 1.54) is 0 Å². The zero-order chi connectivity index (χ0) is 10.6. The van der Waals surface area contributed by atoms with Crippen LogP contribution in [0.1, 0.15) is 37.9 Å². The van der Waals surface area contributed by atoms with E-state index in [9.17, 15) is 0 Å². The second-order valence-electron chi connectivity index (χ2n) is 3.29. The topological polar surface area (TPSA) is 45.9 Å². The van der Waals surface area contributed by atoms with Gasteiger partial charge in [0.15, 0.2) is 0 Å². The maximum absolute atomic E-state index is 8.89. The molecule has 0 amide bonds. The minimum atomic E-state index is 0.313. The van der Waals surface area contributed by atoms with Gasteiger partial charge in [0.2, 0.25) is 5.88 Å². The summed E-state index contributed by atoms with van der Waals surface area (Å²) in [6.07, 6.45) is 0. The normalized spacial score (nSPS) is 9.93. The molecule has 3 nitrogen and oxygen atoms in total. The third-order valence-corrected chi connectivity index (χ3v) is 1.92. The molecule has 0 aliphatic heterocycles. The molecule has 0 spiro atoms. The smallest absolute Gasteiger partial charge is 0.214 e. The molecule has 0 aliphatic carbocycles. The van der Waals surface area contributed by atoms with Gasteiger partial charge in [-0.3, -0.25) is 0 Å². The van der Waals surface area contributed by atoms with E-state index in [4.69, 9.17) is 10.00 Å². The zero-order valence-electron chi connectivity index (χ0n) is 8.74. The molecule has 14 heavy (non-hydrogen) atoms. The average molecular weight is 190 g/mol. The fourth-order valence-electron chi connectivity index (χ4n) is 1.24. The van der Waals surface area contributed by atoms with Crippen LogP contribution in [0.25, 0.3) is 0 Å². The highest BCUT2D eigenvalue weighted by Gasteiger charge is 2.08. The third kappa shape index (κ3) is 2.23. The van der Waals surface area contributed by atoms with Gasteiger partial charge in [0, 0.05) is 6.07 Å². The lowest BCUT2D eigenvalue weighted by Crippen LogP contribution is -2.00. The molecule has 0 radical (unpaired) electrons. The lowest BCUT2D eigenvalue weighted by molar-refractivity contribution is 0.326. The van der Waals surface area contributed by atoms with Crippen LogP contribution in [0, 0.1) is 11.3 Å². The predicted octanol–water partition coefficient (Wildman–Crippen LogP) is 2.48. The van der Waals surface area contributed by atoms with E-state index < -0.39 is 0 Å². The summed E-state index contributed by atoms with van der Waals surface area (Å²) in [5.74, 6) is 0.835. The molecule has 0 atom stereocenters. The maximum atomic E-state index is 8.89. The summed E-state index contributed by atoms with van der Waals surface area (Å²) in [5, 5.41) is 8.89. The highest BCUT2D eigenvalue weighted by molar-refractivity contribution is 5.36. The van der Waals surface area contributed by atoms with Crippen molar-refractivity contribution in [1.29, 1.82) is 5.26 Å². The second kappa shape index (κ2) is 4.61. The van der Waals surface area contributed by atoms with Crippen LogP contribution in [0.5, 0.6) is 5.88 Å². The number of hydrogen-bond donors (Lipinski definition) is 0. The summed E-state index contributed by atoms with van der Waals surface area (Å²) in [6, 6.07) is 5.79. The largest absolute Gasteiger partial charge is 0.478 e. The van der Waals surface area contributed by atoms with Crippen molar-refractivity contribution in [3.05, 3.63) is 23.4 Å². The first-order valence-electron chi connectivity index (χ1n) is 4.72. The number of hydrogen-bond acceptors (Lipinski definition) is 3. The van der Waals surface area contributed by atoms with Gasteiger partial charge in [-0.05, 0) is 18.4 Å². The molecule has 1 heterocycles. The molecular weight excluding hydrogens is 176 g/mol. The molecule has 0 saturated heterocycles. The van der Waals surface area contributed by atoms with Crippen LogP contribution in [-0.4, -0.2) is 11.6 Å². The van der Waals surface area contributed by atoms with Gasteiger partial charge >= 0.3 is 0 Å². The van der Waals surface area contributed by atoms with Crippen LogP contribution in [-0.2, 0) is 0 Å². The van der Waals surface area contributed by atoms with E-state index in [0.29, 0.717) is 24.1 Å². The Bertz CT molecular complexity index is 353. The summed E-state index contributed by atoms with van der Waals surface area (Å²) < 4.78 is 5.22. The molecule has 74 valence electrons. The van der Waals surface area contributed by atoms with Crippen LogP contribution in [0.3, 0.4) is 0 Å². The molecule has 0 fully saturated rings. The molecule has 0 N–H and O–H groups in total. The molecule has 1 aromatic rings. The van der Waals surface area contributed by atoms with Gasteiger partial charge in [0.05, 0.1) is 6.61 Å². The standard InChI is InChI=1S/C11H14N2O/c1-4-14-11-6-5-9(8(2)3)10(7-12)13-11/h5-6,8H,4H2,1-3H3. The summed E-state index contributed by atoms with van der Waals surface area (Å²) in [6.45, 7) is 6.54. The predicted molar refractivity (Wildman–Crippen MR) is 54.2 cm³/mol. The van der Waals surface area contributed by atoms with Gasteiger partial charge in [-0.25, -0.2) is 4.98 Å². The molecule has 0 aliphatic rings. The fourth-order valence-corrected chi connectivity index (χ4v) is 1.24. The van der Waals surface area contributed by atoms with Crippen molar-refractivity contribution in [2.75, 3.05) is 6.61 Å². The van der Waals surface area contributed by atoms with Crippen LogP contribution in [0.15, 0.2) is 12.1 Å². The monoisotopic (exact) mass is 190 g/mol. The molecule has 1 aromatic heterocycles. The van der Waals surface area contributed by atoms with Gasteiger partial charge in [-0.1, -0.05) is 19.9 Å². The first kappa shape index (κ1) is 10.5. The van der Waals surface area contributed by atoms with E-state index in [1.807, 2.05) is 26.8 Å². The second-order valence-corrected chi connectivity index (χ2v) is 3.29. The van der Waals surface area contributed by atoms with Crippen LogP contribution in [0.2, 0.25) is 0 Å². The minimum absolute atomic E-state index is 0.313. The van der Waals surface area contributed by atoms with E-state index in [2.05, 4.69) is 11.1 Å². The Labute approximate surface area is 84.3 Å². The van der Waals surface area contributed by atoms with Crippen molar-refractivity contribution in [1.82, 2.24) is 4.98 Å². The van der Waals surface area contributed by atoms with Crippen LogP contribution >= 0.6 is 0 Å². The lowest BCUT2D eigenvalue weighted by Gasteiger charge is -2.08. The van der Waals surface area contributed by atoms with Crippen molar-refractivity contribution in [3.63, 3.8) is 0 Å². The van der Waals surface area contributed by atoms with Crippen molar-refractivity contribution >= 4 is 0 Å². The Morgan fingerprint density at radius 3 is 2.71 bits per heavy atom. The van der Waals surface area contributed by atoms with E-state index >= 15 is 0 Å². The number of nitrogens with zero attached hydrogens (tertiary/aromatic N) is 2. The third-order valence-electron chi connectivity index (χ3n) is 1.92. The number of ether oxygens (including phenoxy) is 1. The van der Waals surface area contributed by atoms with Gasteiger partial charge in [0.25, 0.3) is 0 Å². The zero-order valence-corrected chi connectivity index (χ0v) is 8.74. The van der Waals surface area contributed by atoms with Crippen molar-refractivity contribution < 1.29 is 4.74 Å². The van der Waals surface area contributed by atoms with E-state index in [-0.39, 0.29) is 0 Å². The molecular formula is C11H14N2O. The highest BCUT2D eigenvalue weighted by Crippen LogP contribution is 2.20. The Kier molecular flexibility index (Phi) is 3.47. The van der Waals surface area contributed by atoms with Gasteiger partial charge in [0.1, 0.15) is 11.8 Å². The van der Waals surface area contributed by atoms with Crippen molar-refractivity contribution in [2.24, 2.45) is 0 Å². The Hall–Kier alpha value is -1.56. The molecule has 0 aromatic carbocycles. The molecule has 3 heteroatoms. The van der Waals surface area contributed by atoms with Gasteiger partial charge < -0.3 is 4.74 Å². The summed E-state index contributed by atoms with van der Waals surface area (Å²) in [4.78, 5) is 4.12. The van der Waals surface area contributed by atoms with Crippen molar-refractivity contribution in [3.8, 4) is 11.9 Å². The first-order valence-corrected chi connectivity index (χ1v) is 4.72. The van der Waals surface area contributed by atoms with Crippen LogP contribution in [0.4, 0.5) is 0 Å². The quantitative estimate of drug-likeness (QED) is 0.735. The maximum Gasteiger partial charge on any atom is 0.214 e. The summed E-state index contributed by atoms with van der Waals surface area (Å²) >= 11 is 0. The fraction of sp³-hybridized carbons (Fsp3) is 0.455. The highest BCUT2D eigenvalue weighted by atomic mass is 16.5. The summed E-state index contributed by atoms with van der Waals surface area (Å²) in [7, 11) is 0. The minimum Gasteiger partial charge on any atom is -0.478 e. The SMILES string of the molecule is CCOc1ccc(C(C)C)c(C#N)n1.